The monoisotopic (exact) mass is 354 g/mol. The lowest BCUT2D eigenvalue weighted by molar-refractivity contribution is -0.137. The van der Waals surface area contributed by atoms with Crippen molar-refractivity contribution >= 4 is 22.8 Å². The highest BCUT2D eigenvalue weighted by Gasteiger charge is 2.26. The topological polar surface area (TPSA) is 59.5 Å². The van der Waals surface area contributed by atoms with Crippen molar-refractivity contribution in [2.75, 3.05) is 19.7 Å². The second-order valence-electron chi connectivity index (χ2n) is 7.54. The van der Waals surface area contributed by atoms with Crippen LogP contribution in [0.25, 0.3) is 10.9 Å². The van der Waals surface area contributed by atoms with Gasteiger partial charge >= 0.3 is 5.97 Å². The van der Waals surface area contributed by atoms with E-state index in [0.717, 1.165) is 36.0 Å². The molecule has 0 radical (unpaired) electrons. The van der Waals surface area contributed by atoms with Gasteiger partial charge in [0, 0.05) is 18.5 Å². The molecule has 1 amide bonds. The number of hydrogen-bond acceptors (Lipinski definition) is 4. The molecule has 26 heavy (non-hydrogen) atoms. The predicted molar refractivity (Wildman–Crippen MR) is 101 cm³/mol. The molecule has 1 aliphatic rings. The van der Waals surface area contributed by atoms with Crippen LogP contribution < -0.4 is 0 Å². The SMILES string of the molecule is Cc1nc2ccccc2c(C)c1C(=O)OCC(=O)N1C[C@H](C)C[C@H](C)C1. The number of ether oxygens (including phenoxy) is 1. The molecule has 1 aliphatic heterocycles. The van der Waals surface area contributed by atoms with Gasteiger partial charge < -0.3 is 9.64 Å². The molecule has 2 atom stereocenters. The smallest absolute Gasteiger partial charge is 0.340 e. The molecule has 0 N–H and O–H groups in total. The molecule has 5 heteroatoms. The first-order valence-electron chi connectivity index (χ1n) is 9.17. The van der Waals surface area contributed by atoms with E-state index < -0.39 is 5.97 Å². The molecule has 138 valence electrons. The number of pyridine rings is 1. The first kappa shape index (κ1) is 18.4. The summed E-state index contributed by atoms with van der Waals surface area (Å²) in [5.41, 5.74) is 2.77. The Labute approximate surface area is 154 Å². The van der Waals surface area contributed by atoms with Crippen LogP contribution in [0, 0.1) is 25.7 Å². The van der Waals surface area contributed by atoms with Gasteiger partial charge in [0.15, 0.2) is 6.61 Å². The summed E-state index contributed by atoms with van der Waals surface area (Å²) in [6.45, 7) is 9.23. The molecule has 2 aromatic rings. The number of likely N-dealkylation sites (tertiary alicyclic amines) is 1. The number of rotatable bonds is 3. The minimum atomic E-state index is -0.482. The highest BCUT2D eigenvalue weighted by molar-refractivity contribution is 5.99. The molecule has 1 fully saturated rings. The zero-order valence-corrected chi connectivity index (χ0v) is 15.9. The van der Waals surface area contributed by atoms with Crippen LogP contribution in [0.1, 0.15) is 41.9 Å². The van der Waals surface area contributed by atoms with Crippen LogP contribution in [0.5, 0.6) is 0 Å². The number of carbonyl (C=O) groups is 2. The third kappa shape index (κ3) is 3.71. The summed E-state index contributed by atoms with van der Waals surface area (Å²) in [5, 5.41) is 0.926. The van der Waals surface area contributed by atoms with Crippen LogP contribution in [-0.4, -0.2) is 41.5 Å². The van der Waals surface area contributed by atoms with Crippen LogP contribution in [-0.2, 0) is 9.53 Å². The number of aromatic nitrogens is 1. The molecule has 5 nitrogen and oxygen atoms in total. The van der Waals surface area contributed by atoms with E-state index in [0.29, 0.717) is 23.1 Å². The van der Waals surface area contributed by atoms with Crippen molar-refractivity contribution in [1.82, 2.24) is 9.88 Å². The maximum absolute atomic E-state index is 12.6. The van der Waals surface area contributed by atoms with Gasteiger partial charge in [0.1, 0.15) is 0 Å². The van der Waals surface area contributed by atoms with Gasteiger partial charge in [-0.15, -0.1) is 0 Å². The van der Waals surface area contributed by atoms with Crippen LogP contribution in [0.15, 0.2) is 24.3 Å². The maximum Gasteiger partial charge on any atom is 0.340 e. The lowest BCUT2D eigenvalue weighted by atomic mass is 9.92. The highest BCUT2D eigenvalue weighted by atomic mass is 16.5. The molecule has 0 saturated carbocycles. The van der Waals surface area contributed by atoms with Crippen LogP contribution in [0.4, 0.5) is 0 Å². The van der Waals surface area contributed by atoms with Crippen molar-refractivity contribution in [1.29, 1.82) is 0 Å². The molecular weight excluding hydrogens is 328 g/mol. The lowest BCUT2D eigenvalue weighted by Gasteiger charge is -2.34. The van der Waals surface area contributed by atoms with E-state index in [4.69, 9.17) is 4.74 Å². The molecule has 0 bridgehead atoms. The summed E-state index contributed by atoms with van der Waals surface area (Å²) in [6.07, 6.45) is 1.13. The Morgan fingerprint density at radius 2 is 1.81 bits per heavy atom. The van der Waals surface area contributed by atoms with Crippen molar-refractivity contribution in [3.05, 3.63) is 41.1 Å². The van der Waals surface area contributed by atoms with Gasteiger partial charge in [0.05, 0.1) is 16.8 Å². The quantitative estimate of drug-likeness (QED) is 0.792. The number of carbonyl (C=O) groups excluding carboxylic acids is 2. The summed E-state index contributed by atoms with van der Waals surface area (Å²) < 4.78 is 5.35. The van der Waals surface area contributed by atoms with Gasteiger partial charge in [-0.25, -0.2) is 4.79 Å². The number of piperidine rings is 1. The van der Waals surface area contributed by atoms with Crippen molar-refractivity contribution < 1.29 is 14.3 Å². The standard InChI is InChI=1S/C21H26N2O3/c1-13-9-14(2)11-23(10-13)19(24)12-26-21(25)20-15(3)17-7-5-6-8-18(17)22-16(20)4/h5-8,13-14H,9-12H2,1-4H3/t13-,14+. The summed E-state index contributed by atoms with van der Waals surface area (Å²) in [7, 11) is 0. The molecule has 0 spiro atoms. The Kier molecular flexibility index (Phi) is 5.25. The second kappa shape index (κ2) is 7.44. The number of esters is 1. The molecule has 0 aliphatic carbocycles. The van der Waals surface area contributed by atoms with Crippen molar-refractivity contribution in [3.8, 4) is 0 Å². The molecule has 1 aromatic heterocycles. The predicted octanol–water partition coefficient (Wildman–Crippen LogP) is 3.51. The number of benzene rings is 1. The van der Waals surface area contributed by atoms with Gasteiger partial charge in [-0.3, -0.25) is 9.78 Å². The Morgan fingerprint density at radius 1 is 1.15 bits per heavy atom. The van der Waals surface area contributed by atoms with Gasteiger partial charge in [0.25, 0.3) is 5.91 Å². The fourth-order valence-corrected chi connectivity index (χ4v) is 3.99. The fraction of sp³-hybridized carbons (Fsp3) is 0.476. The average molecular weight is 354 g/mol. The maximum atomic E-state index is 12.6. The Balaban J connectivity index is 1.72. The zero-order chi connectivity index (χ0) is 18.8. The summed E-state index contributed by atoms with van der Waals surface area (Å²) in [4.78, 5) is 31.4. The number of nitrogens with zero attached hydrogens (tertiary/aromatic N) is 2. The normalized spacial score (nSPS) is 20.2. The van der Waals surface area contributed by atoms with E-state index in [9.17, 15) is 9.59 Å². The van der Waals surface area contributed by atoms with E-state index in [-0.39, 0.29) is 12.5 Å². The average Bonchev–Trinajstić information content (AvgIpc) is 2.58. The van der Waals surface area contributed by atoms with E-state index in [1.807, 2.05) is 36.1 Å². The second-order valence-corrected chi connectivity index (χ2v) is 7.54. The van der Waals surface area contributed by atoms with Gasteiger partial charge in [0.2, 0.25) is 0 Å². The minimum absolute atomic E-state index is 0.124. The van der Waals surface area contributed by atoms with Crippen LogP contribution in [0.3, 0.4) is 0 Å². The number of aryl methyl sites for hydroxylation is 2. The van der Waals surface area contributed by atoms with E-state index in [1.165, 1.54) is 0 Å². The first-order chi connectivity index (χ1) is 12.4. The van der Waals surface area contributed by atoms with Gasteiger partial charge in [-0.05, 0) is 43.7 Å². The first-order valence-corrected chi connectivity index (χ1v) is 9.17. The molecular formula is C21H26N2O3. The lowest BCUT2D eigenvalue weighted by Crippen LogP contribution is -2.44. The molecule has 3 rings (SSSR count). The third-order valence-corrected chi connectivity index (χ3v) is 5.09. The number of fused-ring (bicyclic) bond motifs is 1. The largest absolute Gasteiger partial charge is 0.452 e. The molecule has 2 heterocycles. The number of para-hydroxylation sites is 1. The molecule has 1 saturated heterocycles. The van der Waals surface area contributed by atoms with E-state index >= 15 is 0 Å². The van der Waals surface area contributed by atoms with Crippen LogP contribution in [0.2, 0.25) is 0 Å². The number of hydrogen-bond donors (Lipinski definition) is 0. The number of amides is 1. The van der Waals surface area contributed by atoms with Crippen LogP contribution >= 0.6 is 0 Å². The van der Waals surface area contributed by atoms with Gasteiger partial charge in [-0.1, -0.05) is 32.0 Å². The Morgan fingerprint density at radius 3 is 2.50 bits per heavy atom. The van der Waals surface area contributed by atoms with Crippen molar-refractivity contribution in [2.24, 2.45) is 11.8 Å². The summed E-state index contributed by atoms with van der Waals surface area (Å²) in [5.74, 6) is 0.352. The molecule has 0 unspecified atom stereocenters. The minimum Gasteiger partial charge on any atom is -0.452 e. The van der Waals surface area contributed by atoms with Crippen molar-refractivity contribution in [3.63, 3.8) is 0 Å². The van der Waals surface area contributed by atoms with E-state index in [1.54, 1.807) is 6.92 Å². The Hall–Kier alpha value is -2.43. The fourth-order valence-electron chi connectivity index (χ4n) is 3.99. The highest BCUT2D eigenvalue weighted by Crippen LogP contribution is 2.24. The molecule has 1 aromatic carbocycles. The zero-order valence-electron chi connectivity index (χ0n) is 15.9. The Bertz CT molecular complexity index is 837. The van der Waals surface area contributed by atoms with Gasteiger partial charge in [-0.2, -0.15) is 0 Å². The van der Waals surface area contributed by atoms with E-state index in [2.05, 4.69) is 18.8 Å². The summed E-state index contributed by atoms with van der Waals surface area (Å²) in [6, 6.07) is 7.71. The van der Waals surface area contributed by atoms with Crippen molar-refractivity contribution in [2.45, 2.75) is 34.1 Å². The third-order valence-electron chi connectivity index (χ3n) is 5.09. The summed E-state index contributed by atoms with van der Waals surface area (Å²) >= 11 is 0.